The van der Waals surface area contributed by atoms with E-state index in [2.05, 4.69) is 25.3 Å². The fraction of sp³-hybridized carbons (Fsp3) is 0.179. The number of para-hydroxylation sites is 1. The monoisotopic (exact) mass is 491 g/mol. The van der Waals surface area contributed by atoms with Crippen molar-refractivity contribution in [3.05, 3.63) is 89.4 Å². The van der Waals surface area contributed by atoms with Gasteiger partial charge in [0.1, 0.15) is 23.5 Å². The summed E-state index contributed by atoms with van der Waals surface area (Å²) in [7, 11) is 0. The first kappa shape index (κ1) is 22.7. The third-order valence-electron chi connectivity index (χ3n) is 6.65. The maximum Gasteiger partial charge on any atom is 0.264 e. The molecule has 3 N–H and O–H groups in total. The molecular weight excluding hydrogens is 466 g/mol. The number of amides is 1. The summed E-state index contributed by atoms with van der Waals surface area (Å²) in [4.78, 5) is 36.8. The van der Waals surface area contributed by atoms with Crippen LogP contribution in [0.2, 0.25) is 0 Å². The standard InChI is InChI=1S/C28H25N7O2/c1-16-13-29-25-22(16)28(37)35(20-8-4-3-5-9-20)27(34-25)17(2)33-26-23-19(14-30-24(23)31-15-32-26)11-18-7-6-10-21(36)12-18/h3-10,12-15,17,27,36H,11H2,1-2H3,(H2,30,31,32,33)/t17?,27-/m0/s1. The Hall–Kier alpha value is -4.79. The summed E-state index contributed by atoms with van der Waals surface area (Å²) in [5, 5.41) is 14.2. The molecule has 2 aromatic heterocycles. The van der Waals surface area contributed by atoms with E-state index < -0.39 is 6.17 Å². The molecule has 2 aliphatic rings. The molecule has 1 unspecified atom stereocenters. The molecule has 0 radical (unpaired) electrons. The number of phenolic OH excluding ortho intramolecular Hbond substituents is 1. The van der Waals surface area contributed by atoms with Crippen molar-refractivity contribution in [2.24, 2.45) is 9.98 Å². The van der Waals surface area contributed by atoms with E-state index in [1.165, 1.54) is 6.33 Å². The van der Waals surface area contributed by atoms with Crippen LogP contribution in [0.1, 0.15) is 25.0 Å². The molecular formula is C28H25N7O2. The Morgan fingerprint density at radius 3 is 2.78 bits per heavy atom. The van der Waals surface area contributed by atoms with Crippen LogP contribution in [0.4, 0.5) is 11.5 Å². The van der Waals surface area contributed by atoms with Crippen LogP contribution in [-0.2, 0) is 11.2 Å². The maximum atomic E-state index is 13.7. The van der Waals surface area contributed by atoms with Gasteiger partial charge in [0.05, 0.1) is 17.0 Å². The lowest BCUT2D eigenvalue weighted by Gasteiger charge is -2.37. The summed E-state index contributed by atoms with van der Waals surface area (Å²) in [6.45, 7) is 3.86. The van der Waals surface area contributed by atoms with Gasteiger partial charge in [-0.15, -0.1) is 0 Å². The lowest BCUT2D eigenvalue weighted by atomic mass is 10.0. The van der Waals surface area contributed by atoms with Crippen molar-refractivity contribution in [3.63, 3.8) is 0 Å². The number of anilines is 2. The van der Waals surface area contributed by atoms with Gasteiger partial charge in [0.15, 0.2) is 12.0 Å². The lowest BCUT2D eigenvalue weighted by Crippen LogP contribution is -2.52. The molecule has 2 atom stereocenters. The van der Waals surface area contributed by atoms with Crippen LogP contribution in [-0.4, -0.2) is 50.2 Å². The van der Waals surface area contributed by atoms with Gasteiger partial charge in [-0.2, -0.15) is 0 Å². The number of allylic oxidation sites excluding steroid dienone is 1. The molecule has 0 saturated heterocycles. The molecule has 2 aromatic carbocycles. The van der Waals surface area contributed by atoms with Crippen molar-refractivity contribution in [2.45, 2.75) is 32.5 Å². The molecule has 4 heterocycles. The summed E-state index contributed by atoms with van der Waals surface area (Å²) in [6.07, 6.45) is 5.15. The first-order valence-electron chi connectivity index (χ1n) is 12.1. The van der Waals surface area contributed by atoms with E-state index in [-0.39, 0.29) is 17.7 Å². The smallest absolute Gasteiger partial charge is 0.264 e. The lowest BCUT2D eigenvalue weighted by molar-refractivity contribution is -0.115. The molecule has 1 amide bonds. The number of carbonyl (C=O) groups is 1. The van der Waals surface area contributed by atoms with E-state index in [1.54, 1.807) is 23.2 Å². The number of aromatic amines is 1. The number of carbonyl (C=O) groups excluding carboxylic acids is 1. The summed E-state index contributed by atoms with van der Waals surface area (Å²) in [6, 6.07) is 16.4. The van der Waals surface area contributed by atoms with Gasteiger partial charge in [-0.1, -0.05) is 30.3 Å². The molecule has 0 spiro atoms. The van der Waals surface area contributed by atoms with Gasteiger partial charge < -0.3 is 15.4 Å². The molecule has 9 heteroatoms. The molecule has 0 bridgehead atoms. The van der Waals surface area contributed by atoms with E-state index in [9.17, 15) is 9.90 Å². The zero-order valence-electron chi connectivity index (χ0n) is 20.4. The van der Waals surface area contributed by atoms with Crippen LogP contribution in [0.15, 0.2) is 88.3 Å². The quantitative estimate of drug-likeness (QED) is 0.373. The number of aromatic hydroxyl groups is 1. The molecule has 0 fully saturated rings. The fourth-order valence-electron chi connectivity index (χ4n) is 4.90. The zero-order chi connectivity index (χ0) is 25.5. The number of amidine groups is 1. The molecule has 0 aliphatic carbocycles. The average Bonchev–Trinajstić information content (AvgIpc) is 3.48. The first-order valence-corrected chi connectivity index (χ1v) is 12.1. The summed E-state index contributed by atoms with van der Waals surface area (Å²) < 4.78 is 0. The topological polar surface area (TPSA) is 119 Å². The molecule has 37 heavy (non-hydrogen) atoms. The van der Waals surface area contributed by atoms with Crippen LogP contribution >= 0.6 is 0 Å². The second-order valence-electron chi connectivity index (χ2n) is 9.23. The van der Waals surface area contributed by atoms with E-state index in [0.717, 1.165) is 27.8 Å². The summed E-state index contributed by atoms with van der Waals surface area (Å²) >= 11 is 0. The highest BCUT2D eigenvalue weighted by molar-refractivity contribution is 6.33. The average molecular weight is 492 g/mol. The van der Waals surface area contributed by atoms with Gasteiger partial charge in [0.2, 0.25) is 0 Å². The van der Waals surface area contributed by atoms with Crippen molar-refractivity contribution < 1.29 is 9.90 Å². The summed E-state index contributed by atoms with van der Waals surface area (Å²) in [5.74, 6) is 1.21. The third kappa shape index (κ3) is 4.04. The Balaban J connectivity index is 1.37. The number of fused-ring (bicyclic) bond motifs is 2. The van der Waals surface area contributed by atoms with Gasteiger partial charge in [0, 0.05) is 18.1 Å². The predicted molar refractivity (Wildman–Crippen MR) is 144 cm³/mol. The van der Waals surface area contributed by atoms with E-state index in [1.807, 2.05) is 62.5 Å². The highest BCUT2D eigenvalue weighted by atomic mass is 16.3. The number of hydrogen-bond donors (Lipinski definition) is 3. The van der Waals surface area contributed by atoms with Crippen molar-refractivity contribution in [1.29, 1.82) is 0 Å². The normalized spacial score (nSPS) is 17.8. The third-order valence-corrected chi connectivity index (χ3v) is 6.65. The number of benzene rings is 2. The minimum atomic E-state index is -0.546. The van der Waals surface area contributed by atoms with Crippen LogP contribution in [0.25, 0.3) is 11.0 Å². The molecule has 9 nitrogen and oxygen atoms in total. The van der Waals surface area contributed by atoms with Crippen molar-refractivity contribution in [3.8, 4) is 5.75 Å². The Labute approximate surface area is 213 Å². The van der Waals surface area contributed by atoms with Crippen molar-refractivity contribution >= 4 is 40.5 Å². The van der Waals surface area contributed by atoms with Crippen LogP contribution in [0, 0.1) is 0 Å². The fourth-order valence-corrected chi connectivity index (χ4v) is 4.90. The van der Waals surface area contributed by atoms with E-state index >= 15 is 0 Å². The minimum Gasteiger partial charge on any atom is -0.508 e. The van der Waals surface area contributed by atoms with Gasteiger partial charge in [-0.3, -0.25) is 9.69 Å². The molecule has 6 rings (SSSR count). The largest absolute Gasteiger partial charge is 0.508 e. The maximum absolute atomic E-state index is 13.7. The molecule has 2 aliphatic heterocycles. The number of aromatic nitrogens is 3. The van der Waals surface area contributed by atoms with Crippen LogP contribution < -0.4 is 10.2 Å². The molecule has 0 saturated carbocycles. The van der Waals surface area contributed by atoms with E-state index in [4.69, 9.17) is 4.99 Å². The Kier molecular flexibility index (Phi) is 5.52. The van der Waals surface area contributed by atoms with Gasteiger partial charge in [-0.05, 0) is 61.2 Å². The number of phenols is 1. The van der Waals surface area contributed by atoms with Crippen molar-refractivity contribution in [2.75, 3.05) is 10.2 Å². The first-order chi connectivity index (χ1) is 18.0. The number of hydrogen-bond acceptors (Lipinski definition) is 7. The van der Waals surface area contributed by atoms with Crippen LogP contribution in [0.5, 0.6) is 5.75 Å². The predicted octanol–water partition coefficient (Wildman–Crippen LogP) is 4.23. The Morgan fingerprint density at radius 1 is 1.14 bits per heavy atom. The van der Waals surface area contributed by atoms with Gasteiger partial charge in [0.25, 0.3) is 5.91 Å². The highest BCUT2D eigenvalue weighted by Crippen LogP contribution is 2.32. The second-order valence-corrected chi connectivity index (χ2v) is 9.23. The zero-order valence-corrected chi connectivity index (χ0v) is 20.4. The van der Waals surface area contributed by atoms with Crippen molar-refractivity contribution in [1.82, 2.24) is 15.0 Å². The van der Waals surface area contributed by atoms with E-state index in [0.29, 0.717) is 29.3 Å². The Bertz CT molecular complexity index is 1600. The molecule has 184 valence electrons. The Morgan fingerprint density at radius 2 is 1.97 bits per heavy atom. The summed E-state index contributed by atoms with van der Waals surface area (Å²) in [5.41, 5.74) is 4.77. The second kappa shape index (κ2) is 9.02. The number of nitrogens with one attached hydrogen (secondary N) is 2. The SMILES string of the molecule is CC1=C2C(=O)N(c3ccccc3)[C@@H](C(C)Nc3ncnc4[nH]cc(Cc5cccc(O)c5)c34)N=C2N=C1. The number of nitrogens with zero attached hydrogens (tertiary/aromatic N) is 5. The molecule has 4 aromatic rings. The number of rotatable bonds is 6. The number of aliphatic imine (C=N–C) groups is 2. The van der Waals surface area contributed by atoms with Gasteiger partial charge in [-0.25, -0.2) is 20.0 Å². The van der Waals surface area contributed by atoms with Gasteiger partial charge >= 0.3 is 0 Å². The van der Waals surface area contributed by atoms with Crippen LogP contribution in [0.3, 0.4) is 0 Å². The minimum absolute atomic E-state index is 0.121. The number of H-pyrrole nitrogens is 1. The highest BCUT2D eigenvalue weighted by Gasteiger charge is 2.40.